The van der Waals surface area contributed by atoms with Gasteiger partial charge in [0, 0.05) is 21.8 Å². The normalized spacial score (nSPS) is 12.0. The van der Waals surface area contributed by atoms with Gasteiger partial charge in [0.1, 0.15) is 22.3 Å². The molecule has 3 aromatic heterocycles. The van der Waals surface area contributed by atoms with Gasteiger partial charge in [-0.15, -0.1) is 0 Å². The Hall–Kier alpha value is -5.61. The van der Waals surface area contributed by atoms with Gasteiger partial charge in [-0.3, -0.25) is 4.79 Å². The van der Waals surface area contributed by atoms with E-state index < -0.39 is 0 Å². The number of fused-ring (bicyclic) bond motifs is 9. The van der Waals surface area contributed by atoms with Crippen LogP contribution >= 0.6 is 0 Å². The Morgan fingerprint density at radius 3 is 2.07 bits per heavy atom. The predicted octanol–water partition coefficient (Wildman–Crippen LogP) is 9.61. The molecule has 0 N–H and O–H groups in total. The first-order valence-corrected chi connectivity index (χ1v) is 13.6. The van der Waals surface area contributed by atoms with E-state index in [2.05, 4.69) is 59.2 Å². The smallest absolute Gasteiger partial charge is 0.200 e. The third-order valence-electron chi connectivity index (χ3n) is 8.19. The van der Waals surface area contributed by atoms with E-state index in [1.165, 1.54) is 0 Å². The second-order valence-corrected chi connectivity index (χ2v) is 10.5. The van der Waals surface area contributed by atoms with Crippen LogP contribution in [-0.2, 0) is 0 Å². The zero-order chi connectivity index (χ0) is 27.1. The summed E-state index contributed by atoms with van der Waals surface area (Å²) in [5, 5.41) is 5.54. The van der Waals surface area contributed by atoms with Gasteiger partial charge < -0.3 is 13.4 Å². The number of nitrogens with zero attached hydrogens (tertiary/aromatic N) is 1. The Morgan fingerprint density at radius 1 is 0.463 bits per heavy atom. The summed E-state index contributed by atoms with van der Waals surface area (Å²) in [4.78, 5) is 13.8. The molecule has 0 saturated heterocycles. The molecule has 0 fully saturated rings. The van der Waals surface area contributed by atoms with Crippen molar-refractivity contribution in [2.75, 3.05) is 0 Å². The van der Waals surface area contributed by atoms with Crippen molar-refractivity contribution >= 4 is 65.7 Å². The fourth-order valence-corrected chi connectivity index (χ4v) is 6.32. The number of rotatable bonds is 2. The Kier molecular flexibility index (Phi) is 4.44. The molecule has 0 atom stereocenters. The third kappa shape index (κ3) is 3.13. The van der Waals surface area contributed by atoms with Crippen LogP contribution in [0.2, 0.25) is 0 Å². The van der Waals surface area contributed by atoms with Crippen LogP contribution in [0.25, 0.3) is 82.5 Å². The molecule has 0 bridgehead atoms. The molecule has 0 aliphatic rings. The first kappa shape index (κ1) is 22.2. The molecule has 9 aromatic rings. The van der Waals surface area contributed by atoms with Crippen molar-refractivity contribution in [3.63, 3.8) is 0 Å². The lowest BCUT2D eigenvalue weighted by atomic mass is 10.0. The highest BCUT2D eigenvalue weighted by molar-refractivity contribution is 6.24. The van der Waals surface area contributed by atoms with Crippen LogP contribution < -0.4 is 5.43 Å². The molecule has 192 valence electrons. The number of hydrogen-bond acceptors (Lipinski definition) is 3. The highest BCUT2D eigenvalue weighted by Crippen LogP contribution is 2.41. The minimum absolute atomic E-state index is 0.0395. The standard InChI is InChI=1S/C37H21NO3/c39-37-28-16-14-23(22-8-2-1-3-9-22)20-34(28)41-32-18-15-24(21-29(32)37)38-30-12-6-4-10-25(30)26-17-19-33-35(36(26)38)27-11-5-7-13-31(27)40-33/h1-21H. The number of benzene rings is 6. The van der Waals surface area contributed by atoms with Crippen LogP contribution in [0, 0.1) is 0 Å². The largest absolute Gasteiger partial charge is 0.456 e. The van der Waals surface area contributed by atoms with E-state index in [1.54, 1.807) is 0 Å². The monoisotopic (exact) mass is 527 g/mol. The van der Waals surface area contributed by atoms with E-state index >= 15 is 0 Å². The zero-order valence-corrected chi connectivity index (χ0v) is 21.8. The summed E-state index contributed by atoms with van der Waals surface area (Å²) >= 11 is 0. The molecule has 0 radical (unpaired) electrons. The first-order valence-electron chi connectivity index (χ1n) is 13.6. The van der Waals surface area contributed by atoms with Gasteiger partial charge in [0.25, 0.3) is 0 Å². The molecule has 6 aromatic carbocycles. The number of hydrogen-bond donors (Lipinski definition) is 0. The first-order chi connectivity index (χ1) is 20.2. The average molecular weight is 528 g/mol. The van der Waals surface area contributed by atoms with Crippen molar-refractivity contribution in [1.82, 2.24) is 4.57 Å². The van der Waals surface area contributed by atoms with Crippen LogP contribution in [-0.4, -0.2) is 4.57 Å². The SMILES string of the molecule is O=c1c2ccc(-c3ccccc3)cc2oc2ccc(-n3c4ccccc4c4ccc5oc6ccccc6c5c43)cc12. The zero-order valence-electron chi connectivity index (χ0n) is 21.8. The Morgan fingerprint density at radius 2 is 1.17 bits per heavy atom. The van der Waals surface area contributed by atoms with Gasteiger partial charge in [0.2, 0.25) is 5.43 Å². The molecule has 0 spiro atoms. The van der Waals surface area contributed by atoms with Crippen molar-refractivity contribution in [1.29, 1.82) is 0 Å². The molecule has 0 unspecified atom stereocenters. The molecule has 9 rings (SSSR count). The number of para-hydroxylation sites is 2. The topological polar surface area (TPSA) is 48.3 Å². The van der Waals surface area contributed by atoms with Crippen molar-refractivity contribution in [2.45, 2.75) is 0 Å². The average Bonchev–Trinajstić information content (AvgIpc) is 3.57. The lowest BCUT2D eigenvalue weighted by Gasteiger charge is -2.10. The quantitative estimate of drug-likeness (QED) is 0.210. The highest BCUT2D eigenvalue weighted by Gasteiger charge is 2.19. The predicted molar refractivity (Wildman–Crippen MR) is 167 cm³/mol. The van der Waals surface area contributed by atoms with E-state index in [9.17, 15) is 4.79 Å². The Bertz CT molecular complexity index is 2550. The van der Waals surface area contributed by atoms with Crippen LogP contribution in [0.3, 0.4) is 0 Å². The minimum Gasteiger partial charge on any atom is -0.456 e. The van der Waals surface area contributed by atoms with Crippen LogP contribution in [0.15, 0.2) is 141 Å². The maximum absolute atomic E-state index is 13.8. The van der Waals surface area contributed by atoms with E-state index in [0.29, 0.717) is 21.9 Å². The molecule has 0 aliphatic heterocycles. The van der Waals surface area contributed by atoms with E-state index in [4.69, 9.17) is 8.83 Å². The Labute approximate surface area is 233 Å². The summed E-state index contributed by atoms with van der Waals surface area (Å²) in [6.45, 7) is 0. The van der Waals surface area contributed by atoms with Gasteiger partial charge in [-0.05, 0) is 65.7 Å². The van der Waals surface area contributed by atoms with E-state index in [-0.39, 0.29) is 5.43 Å². The van der Waals surface area contributed by atoms with Crippen molar-refractivity contribution in [2.24, 2.45) is 0 Å². The van der Waals surface area contributed by atoms with Gasteiger partial charge in [0.15, 0.2) is 0 Å². The molecule has 3 heterocycles. The summed E-state index contributed by atoms with van der Waals surface area (Å²) in [5.41, 5.74) is 7.92. The summed E-state index contributed by atoms with van der Waals surface area (Å²) in [7, 11) is 0. The number of aromatic nitrogens is 1. The van der Waals surface area contributed by atoms with Crippen molar-refractivity contribution in [3.05, 3.63) is 138 Å². The van der Waals surface area contributed by atoms with Crippen molar-refractivity contribution in [3.8, 4) is 16.8 Å². The van der Waals surface area contributed by atoms with E-state index in [1.807, 2.05) is 72.8 Å². The third-order valence-corrected chi connectivity index (χ3v) is 8.19. The summed E-state index contributed by atoms with van der Waals surface area (Å²) < 4.78 is 14.8. The summed E-state index contributed by atoms with van der Waals surface area (Å²) in [6.07, 6.45) is 0. The second kappa shape index (κ2) is 8.20. The fraction of sp³-hybridized carbons (Fsp3) is 0. The lowest BCUT2D eigenvalue weighted by Crippen LogP contribution is -2.04. The Balaban J connectivity index is 1.35. The van der Waals surface area contributed by atoms with Gasteiger partial charge in [0.05, 0.1) is 27.2 Å². The molecule has 0 amide bonds. The lowest BCUT2D eigenvalue weighted by molar-refractivity contribution is 0.660. The molecule has 0 aliphatic carbocycles. The van der Waals surface area contributed by atoms with Gasteiger partial charge >= 0.3 is 0 Å². The van der Waals surface area contributed by atoms with Gasteiger partial charge in [-0.1, -0.05) is 72.8 Å². The molecule has 4 nitrogen and oxygen atoms in total. The molecular weight excluding hydrogens is 506 g/mol. The molecule has 4 heteroatoms. The molecular formula is C37H21NO3. The van der Waals surface area contributed by atoms with Crippen molar-refractivity contribution < 1.29 is 8.83 Å². The summed E-state index contributed by atoms with van der Waals surface area (Å²) in [6, 6.07) is 42.5. The maximum atomic E-state index is 13.8. The van der Waals surface area contributed by atoms with Gasteiger partial charge in [-0.25, -0.2) is 0 Å². The van der Waals surface area contributed by atoms with Gasteiger partial charge in [-0.2, -0.15) is 0 Å². The van der Waals surface area contributed by atoms with E-state index in [0.717, 1.165) is 60.6 Å². The summed E-state index contributed by atoms with van der Waals surface area (Å²) in [5.74, 6) is 0. The molecule has 0 saturated carbocycles. The fourth-order valence-electron chi connectivity index (χ4n) is 6.32. The van der Waals surface area contributed by atoms with Crippen LogP contribution in [0.1, 0.15) is 0 Å². The minimum atomic E-state index is -0.0395. The molecule has 41 heavy (non-hydrogen) atoms. The van der Waals surface area contributed by atoms with Crippen LogP contribution in [0.4, 0.5) is 0 Å². The highest BCUT2D eigenvalue weighted by atomic mass is 16.3. The second-order valence-electron chi connectivity index (χ2n) is 10.5. The maximum Gasteiger partial charge on any atom is 0.200 e. The van der Waals surface area contributed by atoms with Crippen LogP contribution in [0.5, 0.6) is 0 Å². The number of furan rings is 1.